The fourth-order valence-electron chi connectivity index (χ4n) is 4.26. The molecular weight excluding hydrogens is 336 g/mol. The van der Waals surface area contributed by atoms with Crippen molar-refractivity contribution in [3.05, 3.63) is 66.2 Å². The summed E-state index contributed by atoms with van der Waals surface area (Å²) >= 11 is 0. The monoisotopic (exact) mass is 362 g/mol. The van der Waals surface area contributed by atoms with E-state index in [1.54, 1.807) is 0 Å². The minimum absolute atomic E-state index is 0.227. The van der Waals surface area contributed by atoms with Crippen LogP contribution in [0.3, 0.4) is 0 Å². The van der Waals surface area contributed by atoms with E-state index in [-0.39, 0.29) is 17.2 Å². The average Bonchev–Trinajstić information content (AvgIpc) is 2.73. The Morgan fingerprint density at radius 2 is 1.56 bits per heavy atom. The predicted molar refractivity (Wildman–Crippen MR) is 106 cm³/mol. The molecule has 2 amide bonds. The van der Waals surface area contributed by atoms with Crippen LogP contribution in [0.5, 0.6) is 0 Å². The van der Waals surface area contributed by atoms with Gasteiger partial charge in [0.1, 0.15) is 0 Å². The van der Waals surface area contributed by atoms with Crippen LogP contribution in [0, 0.1) is 5.41 Å². The van der Waals surface area contributed by atoms with Gasteiger partial charge < -0.3 is 9.80 Å². The van der Waals surface area contributed by atoms with E-state index >= 15 is 0 Å². The second-order valence-corrected chi connectivity index (χ2v) is 7.73. The molecule has 0 unspecified atom stereocenters. The van der Waals surface area contributed by atoms with Crippen molar-refractivity contribution in [3.63, 3.8) is 0 Å². The lowest BCUT2D eigenvalue weighted by Crippen LogP contribution is -2.65. The number of hydrogen-bond donors (Lipinski definition) is 0. The van der Waals surface area contributed by atoms with Crippen molar-refractivity contribution >= 4 is 17.5 Å². The molecule has 2 fully saturated rings. The molecule has 2 aromatic carbocycles. The van der Waals surface area contributed by atoms with E-state index in [1.165, 1.54) is 5.56 Å². The van der Waals surface area contributed by atoms with Gasteiger partial charge in [0.25, 0.3) is 0 Å². The molecule has 4 rings (SSSR count). The maximum Gasteiger partial charge on any atom is 0.235 e. The number of carbonyl (C=O) groups excluding carboxylic acids is 2. The van der Waals surface area contributed by atoms with E-state index in [1.807, 2.05) is 58.3 Å². The van der Waals surface area contributed by atoms with Crippen LogP contribution < -0.4 is 4.90 Å². The lowest BCUT2D eigenvalue weighted by Gasteiger charge is -2.52. The number of amides is 2. The number of rotatable bonds is 5. The molecule has 1 spiro atoms. The standard InChI is InChI=1S/C23H26N2O2/c26-21(13-7-10-19-8-3-1-4-9-19)24-16-14-23(15-17-24)18-25(22(23)27)20-11-5-2-6-12-20/h1-6,8-9,11-12H,7,10,13-18H2. The van der Waals surface area contributed by atoms with Crippen LogP contribution in [0.15, 0.2) is 60.7 Å². The van der Waals surface area contributed by atoms with Gasteiger partial charge in [-0.3, -0.25) is 9.59 Å². The van der Waals surface area contributed by atoms with Crippen LogP contribution in [0.25, 0.3) is 0 Å². The lowest BCUT2D eigenvalue weighted by molar-refractivity contribution is -0.144. The quantitative estimate of drug-likeness (QED) is 0.762. The summed E-state index contributed by atoms with van der Waals surface area (Å²) < 4.78 is 0. The summed E-state index contributed by atoms with van der Waals surface area (Å²) in [5.74, 6) is 0.456. The largest absolute Gasteiger partial charge is 0.343 e. The topological polar surface area (TPSA) is 40.6 Å². The summed E-state index contributed by atoms with van der Waals surface area (Å²) in [6.07, 6.45) is 3.99. The molecule has 4 heteroatoms. The summed E-state index contributed by atoms with van der Waals surface area (Å²) in [5, 5.41) is 0. The highest BCUT2D eigenvalue weighted by Gasteiger charge is 2.53. The molecule has 2 aromatic rings. The molecule has 0 N–H and O–H groups in total. The normalized spacial score (nSPS) is 18.4. The smallest absolute Gasteiger partial charge is 0.235 e. The van der Waals surface area contributed by atoms with Gasteiger partial charge in [0.15, 0.2) is 0 Å². The van der Waals surface area contributed by atoms with Gasteiger partial charge in [0.05, 0.1) is 5.41 Å². The molecule has 0 atom stereocenters. The molecule has 2 aliphatic rings. The van der Waals surface area contributed by atoms with Gasteiger partial charge in [-0.05, 0) is 43.4 Å². The first kappa shape index (κ1) is 17.8. The molecule has 2 aliphatic heterocycles. The number of nitrogens with zero attached hydrogens (tertiary/aromatic N) is 2. The maximum atomic E-state index is 12.8. The van der Waals surface area contributed by atoms with Crippen LogP contribution in [-0.4, -0.2) is 36.3 Å². The molecule has 2 heterocycles. The third kappa shape index (κ3) is 3.61. The van der Waals surface area contributed by atoms with Crippen LogP contribution in [0.2, 0.25) is 0 Å². The lowest BCUT2D eigenvalue weighted by atomic mass is 9.70. The molecule has 27 heavy (non-hydrogen) atoms. The third-order valence-corrected chi connectivity index (χ3v) is 6.00. The Morgan fingerprint density at radius 1 is 0.926 bits per heavy atom. The molecule has 0 aliphatic carbocycles. The van der Waals surface area contributed by atoms with Gasteiger partial charge in [0.2, 0.25) is 11.8 Å². The van der Waals surface area contributed by atoms with E-state index < -0.39 is 0 Å². The summed E-state index contributed by atoms with van der Waals surface area (Å²) in [6, 6.07) is 20.2. The maximum absolute atomic E-state index is 12.8. The van der Waals surface area contributed by atoms with Crippen molar-refractivity contribution in [2.45, 2.75) is 32.1 Å². The van der Waals surface area contributed by atoms with Crippen molar-refractivity contribution < 1.29 is 9.59 Å². The van der Waals surface area contributed by atoms with Gasteiger partial charge in [-0.25, -0.2) is 0 Å². The zero-order chi connectivity index (χ0) is 18.7. The van der Waals surface area contributed by atoms with Crippen LogP contribution in [0.1, 0.15) is 31.2 Å². The van der Waals surface area contributed by atoms with Crippen molar-refractivity contribution in [1.29, 1.82) is 0 Å². The van der Waals surface area contributed by atoms with E-state index in [9.17, 15) is 9.59 Å². The summed E-state index contributed by atoms with van der Waals surface area (Å²) in [4.78, 5) is 29.1. The van der Waals surface area contributed by atoms with Gasteiger partial charge in [-0.15, -0.1) is 0 Å². The van der Waals surface area contributed by atoms with Gasteiger partial charge in [-0.2, -0.15) is 0 Å². The molecule has 0 radical (unpaired) electrons. The van der Waals surface area contributed by atoms with Crippen LogP contribution in [0.4, 0.5) is 5.69 Å². The minimum atomic E-state index is -0.239. The number of hydrogen-bond acceptors (Lipinski definition) is 2. The van der Waals surface area contributed by atoms with E-state index in [2.05, 4.69) is 12.1 Å². The Morgan fingerprint density at radius 3 is 2.19 bits per heavy atom. The number of piperidine rings is 1. The summed E-state index contributed by atoms with van der Waals surface area (Å²) in [7, 11) is 0. The fraction of sp³-hybridized carbons (Fsp3) is 0.391. The number of likely N-dealkylation sites (tertiary alicyclic amines) is 1. The molecule has 0 bridgehead atoms. The van der Waals surface area contributed by atoms with E-state index in [0.717, 1.165) is 37.9 Å². The van der Waals surface area contributed by atoms with Crippen molar-refractivity contribution in [3.8, 4) is 0 Å². The Hall–Kier alpha value is -2.62. The second kappa shape index (κ2) is 7.55. The van der Waals surface area contributed by atoms with Crippen LogP contribution >= 0.6 is 0 Å². The highest BCUT2D eigenvalue weighted by molar-refractivity contribution is 6.04. The summed E-state index contributed by atoms with van der Waals surface area (Å²) in [6.45, 7) is 2.20. The van der Waals surface area contributed by atoms with Crippen molar-refractivity contribution in [2.75, 3.05) is 24.5 Å². The number of carbonyl (C=O) groups is 2. The Kier molecular flexibility index (Phi) is 4.97. The highest BCUT2D eigenvalue weighted by Crippen LogP contribution is 2.43. The minimum Gasteiger partial charge on any atom is -0.343 e. The molecule has 0 saturated carbocycles. The Balaban J connectivity index is 1.24. The fourth-order valence-corrected chi connectivity index (χ4v) is 4.26. The molecule has 4 nitrogen and oxygen atoms in total. The first-order valence-electron chi connectivity index (χ1n) is 9.87. The first-order chi connectivity index (χ1) is 13.2. The Bertz CT molecular complexity index is 796. The van der Waals surface area contributed by atoms with Crippen LogP contribution in [-0.2, 0) is 16.0 Å². The number of aryl methyl sites for hydroxylation is 1. The van der Waals surface area contributed by atoms with E-state index in [0.29, 0.717) is 19.5 Å². The molecule has 2 saturated heterocycles. The number of para-hydroxylation sites is 1. The number of anilines is 1. The summed E-state index contributed by atoms with van der Waals surface area (Å²) in [5.41, 5.74) is 2.02. The van der Waals surface area contributed by atoms with E-state index in [4.69, 9.17) is 0 Å². The number of benzene rings is 2. The SMILES string of the molecule is O=C(CCCc1ccccc1)N1CCC2(CC1)CN(c1ccccc1)C2=O. The molecular formula is C23H26N2O2. The Labute approximate surface area is 160 Å². The number of β-lactam (4-membered cyclic amide) rings is 1. The zero-order valence-corrected chi connectivity index (χ0v) is 15.6. The first-order valence-corrected chi connectivity index (χ1v) is 9.87. The molecule has 0 aromatic heterocycles. The second-order valence-electron chi connectivity index (χ2n) is 7.73. The molecule has 140 valence electrons. The average molecular weight is 362 g/mol. The highest BCUT2D eigenvalue weighted by atomic mass is 16.2. The third-order valence-electron chi connectivity index (χ3n) is 6.00. The van der Waals surface area contributed by atoms with Gasteiger partial charge in [-0.1, -0.05) is 48.5 Å². The van der Waals surface area contributed by atoms with Gasteiger partial charge in [0, 0.05) is 31.7 Å². The predicted octanol–water partition coefficient (Wildman–Crippen LogP) is 3.66. The van der Waals surface area contributed by atoms with Crippen molar-refractivity contribution in [1.82, 2.24) is 4.90 Å². The van der Waals surface area contributed by atoms with Crippen molar-refractivity contribution in [2.24, 2.45) is 5.41 Å². The van der Waals surface area contributed by atoms with Gasteiger partial charge >= 0.3 is 0 Å². The zero-order valence-electron chi connectivity index (χ0n) is 15.6.